The Kier molecular flexibility index (Phi) is 5.59. The number of halogens is 1. The lowest BCUT2D eigenvalue weighted by atomic mass is 10.2. The van der Waals surface area contributed by atoms with Crippen molar-refractivity contribution in [1.82, 2.24) is 0 Å². The van der Waals surface area contributed by atoms with E-state index in [0.29, 0.717) is 0 Å². The first kappa shape index (κ1) is 15.3. The molecule has 21 heavy (non-hydrogen) atoms. The molecule has 0 saturated carbocycles. The van der Waals surface area contributed by atoms with Gasteiger partial charge in [0.2, 0.25) is 0 Å². The Bertz CT molecular complexity index is 618. The summed E-state index contributed by atoms with van der Waals surface area (Å²) in [7, 11) is 0. The summed E-state index contributed by atoms with van der Waals surface area (Å²) in [6.07, 6.45) is 5.41. The van der Waals surface area contributed by atoms with Crippen LogP contribution in [0, 0.1) is 0 Å². The quantitative estimate of drug-likeness (QED) is 0.755. The molecule has 0 amide bonds. The number of anilines is 1. The Morgan fingerprint density at radius 1 is 0.857 bits per heavy atom. The van der Waals surface area contributed by atoms with Gasteiger partial charge in [-0.2, -0.15) is 0 Å². The summed E-state index contributed by atoms with van der Waals surface area (Å²) in [6, 6.07) is 20.4. The van der Waals surface area contributed by atoms with Crippen LogP contribution in [-0.2, 0) is 0 Å². The highest BCUT2D eigenvalue weighted by Crippen LogP contribution is 2.26. The molecule has 2 nitrogen and oxygen atoms in total. The summed E-state index contributed by atoms with van der Waals surface area (Å²) < 4.78 is 0. The summed E-state index contributed by atoms with van der Waals surface area (Å²) in [5.41, 5.74) is 4.77. The van der Waals surface area contributed by atoms with Crippen molar-refractivity contribution in [2.75, 3.05) is 5.32 Å². The molecule has 0 heterocycles. The Hall–Kier alpha value is -2.06. The van der Waals surface area contributed by atoms with Gasteiger partial charge in [0.15, 0.2) is 0 Å². The Morgan fingerprint density at radius 2 is 1.52 bits per heavy atom. The van der Waals surface area contributed by atoms with E-state index in [-0.39, 0.29) is 12.4 Å². The van der Waals surface area contributed by atoms with Gasteiger partial charge in [-0.3, -0.25) is 4.99 Å². The van der Waals surface area contributed by atoms with E-state index in [1.54, 1.807) is 0 Å². The van der Waals surface area contributed by atoms with E-state index >= 15 is 0 Å². The van der Waals surface area contributed by atoms with Gasteiger partial charge in [-0.15, -0.1) is 12.4 Å². The number of benzene rings is 2. The third-order valence-electron chi connectivity index (χ3n) is 3.46. The van der Waals surface area contributed by atoms with Crippen LogP contribution in [0.2, 0.25) is 0 Å². The summed E-state index contributed by atoms with van der Waals surface area (Å²) in [5, 5.41) is 3.52. The van der Waals surface area contributed by atoms with Crippen molar-refractivity contribution in [3.8, 4) is 0 Å². The van der Waals surface area contributed by atoms with E-state index in [4.69, 9.17) is 0 Å². The second kappa shape index (κ2) is 7.65. The monoisotopic (exact) mass is 298 g/mol. The maximum Gasteiger partial charge on any atom is 0.0629 e. The van der Waals surface area contributed by atoms with Crippen LogP contribution >= 0.6 is 12.4 Å². The first-order valence-electron chi connectivity index (χ1n) is 7.05. The van der Waals surface area contributed by atoms with Crippen molar-refractivity contribution in [2.24, 2.45) is 4.99 Å². The third-order valence-corrected chi connectivity index (χ3v) is 3.46. The highest BCUT2D eigenvalue weighted by atomic mass is 35.5. The standard InChI is InChI=1S/C18H18N2.ClH/c1-3-9-16(10-4-1)19-14-15-8-7-13-18(15)20-17-11-5-2-6-12-17;/h1-6,9-12,14,20H,7-8,13H2;1H. The number of rotatable bonds is 4. The highest BCUT2D eigenvalue weighted by molar-refractivity contribution is 5.85. The lowest BCUT2D eigenvalue weighted by Crippen LogP contribution is -1.99. The van der Waals surface area contributed by atoms with Crippen LogP contribution in [0.15, 0.2) is 76.9 Å². The van der Waals surface area contributed by atoms with Crippen molar-refractivity contribution in [3.63, 3.8) is 0 Å². The SMILES string of the molecule is C(=Nc1ccccc1)C1=C(Nc2ccccc2)CCC1.Cl. The summed E-state index contributed by atoms with van der Waals surface area (Å²) in [5.74, 6) is 0. The minimum atomic E-state index is 0. The molecule has 108 valence electrons. The van der Waals surface area contributed by atoms with Crippen LogP contribution in [0.4, 0.5) is 11.4 Å². The fourth-order valence-electron chi connectivity index (χ4n) is 2.41. The maximum absolute atomic E-state index is 4.56. The molecule has 1 aliphatic carbocycles. The van der Waals surface area contributed by atoms with E-state index < -0.39 is 0 Å². The normalized spacial score (nSPS) is 14.3. The lowest BCUT2D eigenvalue weighted by Gasteiger charge is -2.08. The van der Waals surface area contributed by atoms with E-state index in [0.717, 1.165) is 24.2 Å². The average molecular weight is 299 g/mol. The van der Waals surface area contributed by atoms with E-state index in [2.05, 4.69) is 34.6 Å². The number of hydrogen-bond donors (Lipinski definition) is 1. The Labute approximate surface area is 132 Å². The third kappa shape index (κ3) is 4.20. The van der Waals surface area contributed by atoms with Gasteiger partial charge >= 0.3 is 0 Å². The van der Waals surface area contributed by atoms with E-state index in [9.17, 15) is 0 Å². The van der Waals surface area contributed by atoms with Crippen molar-refractivity contribution in [1.29, 1.82) is 0 Å². The number of allylic oxidation sites excluding steroid dienone is 2. The van der Waals surface area contributed by atoms with Crippen LogP contribution in [0.5, 0.6) is 0 Å². The molecular formula is C18H19ClN2. The summed E-state index contributed by atoms with van der Waals surface area (Å²) in [4.78, 5) is 4.56. The minimum absolute atomic E-state index is 0. The zero-order valence-electron chi connectivity index (χ0n) is 11.8. The van der Waals surface area contributed by atoms with Crippen molar-refractivity contribution in [2.45, 2.75) is 19.3 Å². The van der Waals surface area contributed by atoms with Gasteiger partial charge in [-0.05, 0) is 49.1 Å². The molecule has 0 fully saturated rings. The molecule has 1 N–H and O–H groups in total. The first-order chi connectivity index (χ1) is 9.92. The van der Waals surface area contributed by atoms with Crippen molar-refractivity contribution in [3.05, 3.63) is 71.9 Å². The molecule has 3 heteroatoms. The van der Waals surface area contributed by atoms with Gasteiger partial charge in [-0.25, -0.2) is 0 Å². The molecule has 0 saturated heterocycles. The minimum Gasteiger partial charge on any atom is -0.359 e. The largest absolute Gasteiger partial charge is 0.359 e. The van der Waals surface area contributed by atoms with Gasteiger partial charge < -0.3 is 5.32 Å². The van der Waals surface area contributed by atoms with Gasteiger partial charge in [0, 0.05) is 17.6 Å². The molecule has 0 aliphatic heterocycles. The van der Waals surface area contributed by atoms with Crippen LogP contribution in [0.1, 0.15) is 19.3 Å². The zero-order chi connectivity index (χ0) is 13.6. The van der Waals surface area contributed by atoms with Gasteiger partial charge in [0.25, 0.3) is 0 Å². The average Bonchev–Trinajstić information content (AvgIpc) is 2.94. The molecule has 0 bridgehead atoms. The Morgan fingerprint density at radius 3 is 2.24 bits per heavy atom. The number of nitrogens with zero attached hydrogens (tertiary/aromatic N) is 1. The predicted octanol–water partition coefficient (Wildman–Crippen LogP) is 5.36. The second-order valence-corrected chi connectivity index (χ2v) is 4.94. The van der Waals surface area contributed by atoms with Gasteiger partial charge in [0.1, 0.15) is 0 Å². The topological polar surface area (TPSA) is 24.4 Å². The van der Waals surface area contributed by atoms with E-state index in [1.807, 2.05) is 42.6 Å². The highest BCUT2D eigenvalue weighted by Gasteiger charge is 2.12. The first-order valence-corrected chi connectivity index (χ1v) is 7.05. The number of hydrogen-bond acceptors (Lipinski definition) is 2. The second-order valence-electron chi connectivity index (χ2n) is 4.94. The summed E-state index contributed by atoms with van der Waals surface area (Å²) in [6.45, 7) is 0. The van der Waals surface area contributed by atoms with Gasteiger partial charge in [-0.1, -0.05) is 36.4 Å². The summed E-state index contributed by atoms with van der Waals surface area (Å²) >= 11 is 0. The number of para-hydroxylation sites is 2. The van der Waals surface area contributed by atoms with E-state index in [1.165, 1.54) is 17.7 Å². The fraction of sp³-hybridized carbons (Fsp3) is 0.167. The lowest BCUT2D eigenvalue weighted by molar-refractivity contribution is 0.904. The number of aliphatic imine (C=N–C) groups is 1. The molecule has 3 rings (SSSR count). The molecule has 2 aromatic rings. The molecule has 0 atom stereocenters. The molecule has 0 unspecified atom stereocenters. The van der Waals surface area contributed by atoms with Crippen LogP contribution < -0.4 is 5.32 Å². The number of nitrogens with one attached hydrogen (secondary N) is 1. The van der Waals surface area contributed by atoms with Crippen molar-refractivity contribution < 1.29 is 0 Å². The molecule has 0 aromatic heterocycles. The van der Waals surface area contributed by atoms with Crippen LogP contribution in [0.25, 0.3) is 0 Å². The molecule has 2 aromatic carbocycles. The Balaban J connectivity index is 0.00000161. The maximum atomic E-state index is 4.56. The zero-order valence-corrected chi connectivity index (χ0v) is 12.6. The van der Waals surface area contributed by atoms with Crippen LogP contribution in [0.3, 0.4) is 0 Å². The molecule has 0 radical (unpaired) electrons. The van der Waals surface area contributed by atoms with Gasteiger partial charge in [0.05, 0.1) is 5.69 Å². The molecular weight excluding hydrogens is 280 g/mol. The fourth-order valence-corrected chi connectivity index (χ4v) is 2.41. The molecule has 0 spiro atoms. The molecule has 1 aliphatic rings. The smallest absolute Gasteiger partial charge is 0.0629 e. The van der Waals surface area contributed by atoms with Crippen LogP contribution in [-0.4, -0.2) is 6.21 Å². The predicted molar refractivity (Wildman–Crippen MR) is 92.8 cm³/mol. The van der Waals surface area contributed by atoms with Crippen molar-refractivity contribution >= 4 is 30.0 Å².